The zero-order chi connectivity index (χ0) is 14.0. The molecule has 1 aliphatic rings. The van der Waals surface area contributed by atoms with Gasteiger partial charge in [-0.15, -0.1) is 0 Å². The summed E-state index contributed by atoms with van der Waals surface area (Å²) in [5, 5.41) is 12.8. The lowest BCUT2D eigenvalue weighted by Crippen LogP contribution is -2.25. The second kappa shape index (κ2) is 5.59. The summed E-state index contributed by atoms with van der Waals surface area (Å²) in [5.41, 5.74) is 6.06. The van der Waals surface area contributed by atoms with Crippen LogP contribution in [0.1, 0.15) is 70.1 Å². The maximum atomic E-state index is 8.99. The Labute approximate surface area is 114 Å². The molecule has 1 heterocycles. The highest BCUT2D eigenvalue weighted by Gasteiger charge is 2.32. The van der Waals surface area contributed by atoms with Gasteiger partial charge in [-0.1, -0.05) is 25.9 Å². The summed E-state index contributed by atoms with van der Waals surface area (Å²) in [6.07, 6.45) is 4.60. The van der Waals surface area contributed by atoms with Crippen LogP contribution in [0.3, 0.4) is 0 Å². The first-order valence-electron chi connectivity index (χ1n) is 7.11. The highest BCUT2D eigenvalue weighted by molar-refractivity contribution is 4.99. The molecule has 1 aromatic heterocycles. The quantitative estimate of drug-likeness (QED) is 0.878. The molecule has 1 fully saturated rings. The lowest BCUT2D eigenvalue weighted by atomic mass is 9.70. The number of hydrogen-bond donors (Lipinski definition) is 2. The molecule has 0 aliphatic heterocycles. The number of nitrogens with two attached hydrogens (primary N) is 1. The van der Waals surface area contributed by atoms with Crippen LogP contribution < -0.4 is 5.73 Å². The number of aromatic nitrogens is 2. The van der Waals surface area contributed by atoms with E-state index in [4.69, 9.17) is 15.4 Å². The smallest absolute Gasteiger partial charge is 0.229 e. The van der Waals surface area contributed by atoms with Crippen molar-refractivity contribution in [1.29, 1.82) is 0 Å². The molecule has 3 N–H and O–H groups in total. The number of rotatable bonds is 3. The predicted molar refractivity (Wildman–Crippen MR) is 72.5 cm³/mol. The molecule has 0 saturated heterocycles. The van der Waals surface area contributed by atoms with Crippen LogP contribution in [0.4, 0.5) is 0 Å². The van der Waals surface area contributed by atoms with Gasteiger partial charge in [0.2, 0.25) is 5.89 Å². The van der Waals surface area contributed by atoms with Crippen molar-refractivity contribution in [3.8, 4) is 0 Å². The van der Waals surface area contributed by atoms with E-state index in [-0.39, 0.29) is 6.61 Å². The van der Waals surface area contributed by atoms with Crippen LogP contribution in [0.15, 0.2) is 4.52 Å². The lowest BCUT2D eigenvalue weighted by Gasteiger charge is -2.35. The number of nitrogens with zero attached hydrogens (tertiary/aromatic N) is 2. The van der Waals surface area contributed by atoms with Crippen molar-refractivity contribution < 1.29 is 9.63 Å². The van der Waals surface area contributed by atoms with Gasteiger partial charge in [0, 0.05) is 5.92 Å². The number of aliphatic hydroxyl groups excluding tert-OH is 1. The zero-order valence-electron chi connectivity index (χ0n) is 12.1. The van der Waals surface area contributed by atoms with Crippen molar-refractivity contribution in [2.75, 3.05) is 6.61 Å². The number of aliphatic hydroxyl groups is 1. The van der Waals surface area contributed by atoms with Gasteiger partial charge >= 0.3 is 0 Å². The maximum Gasteiger partial charge on any atom is 0.229 e. The van der Waals surface area contributed by atoms with Crippen LogP contribution in [-0.4, -0.2) is 21.9 Å². The highest BCUT2D eigenvalue weighted by atomic mass is 16.5. The summed E-state index contributed by atoms with van der Waals surface area (Å²) in [4.78, 5) is 4.33. The average molecular weight is 267 g/mol. The van der Waals surface area contributed by atoms with Gasteiger partial charge in [0.25, 0.3) is 0 Å². The Morgan fingerprint density at radius 1 is 1.32 bits per heavy atom. The lowest BCUT2D eigenvalue weighted by molar-refractivity contribution is 0.159. The van der Waals surface area contributed by atoms with E-state index in [2.05, 4.69) is 30.9 Å². The van der Waals surface area contributed by atoms with Gasteiger partial charge in [-0.05, 0) is 37.0 Å². The van der Waals surface area contributed by atoms with Gasteiger partial charge in [-0.2, -0.15) is 4.98 Å². The van der Waals surface area contributed by atoms with E-state index in [0.29, 0.717) is 23.0 Å². The van der Waals surface area contributed by atoms with Gasteiger partial charge in [0.1, 0.15) is 0 Å². The fourth-order valence-electron chi connectivity index (χ4n) is 2.85. The molecular formula is C14H25N3O2. The van der Waals surface area contributed by atoms with Crippen molar-refractivity contribution >= 4 is 0 Å². The molecule has 19 heavy (non-hydrogen) atoms. The molecular weight excluding hydrogens is 242 g/mol. The summed E-state index contributed by atoms with van der Waals surface area (Å²) in [6.45, 7) is 6.77. The molecule has 5 heteroatoms. The van der Waals surface area contributed by atoms with E-state index in [0.717, 1.165) is 18.8 Å². The minimum Gasteiger partial charge on any atom is -0.394 e. The second-order valence-electron chi connectivity index (χ2n) is 6.69. The van der Waals surface area contributed by atoms with Crippen LogP contribution in [0.2, 0.25) is 0 Å². The van der Waals surface area contributed by atoms with Crippen molar-refractivity contribution in [1.82, 2.24) is 10.1 Å². The van der Waals surface area contributed by atoms with E-state index in [9.17, 15) is 0 Å². The summed E-state index contributed by atoms with van der Waals surface area (Å²) in [6, 6.07) is -0.539. The molecule has 108 valence electrons. The van der Waals surface area contributed by atoms with E-state index in [1.54, 1.807) is 0 Å². The molecule has 1 saturated carbocycles. The van der Waals surface area contributed by atoms with E-state index < -0.39 is 6.04 Å². The first-order chi connectivity index (χ1) is 8.91. The van der Waals surface area contributed by atoms with Crippen molar-refractivity contribution in [2.45, 2.75) is 58.4 Å². The van der Waals surface area contributed by atoms with Crippen LogP contribution in [-0.2, 0) is 0 Å². The fourth-order valence-corrected chi connectivity index (χ4v) is 2.85. The van der Waals surface area contributed by atoms with Gasteiger partial charge in [0.05, 0.1) is 12.6 Å². The Morgan fingerprint density at radius 3 is 2.47 bits per heavy atom. The van der Waals surface area contributed by atoms with E-state index in [1.165, 1.54) is 12.8 Å². The van der Waals surface area contributed by atoms with Crippen molar-refractivity contribution in [3.63, 3.8) is 0 Å². The molecule has 0 radical (unpaired) electrons. The third-order valence-electron chi connectivity index (χ3n) is 4.29. The molecule has 2 rings (SSSR count). The van der Waals surface area contributed by atoms with Gasteiger partial charge in [0.15, 0.2) is 5.82 Å². The van der Waals surface area contributed by atoms with Crippen molar-refractivity contribution in [2.24, 2.45) is 17.1 Å². The highest BCUT2D eigenvalue weighted by Crippen LogP contribution is 2.42. The molecule has 0 aromatic carbocycles. The fraction of sp³-hybridized carbons (Fsp3) is 0.857. The van der Waals surface area contributed by atoms with Gasteiger partial charge < -0.3 is 15.4 Å². The minimum atomic E-state index is -0.539. The molecule has 1 aromatic rings. The predicted octanol–water partition coefficient (Wildman–Crippen LogP) is 2.38. The van der Waals surface area contributed by atoms with Crippen LogP contribution in [0, 0.1) is 11.3 Å². The van der Waals surface area contributed by atoms with E-state index in [1.807, 2.05) is 0 Å². The van der Waals surface area contributed by atoms with Gasteiger partial charge in [-0.25, -0.2) is 0 Å². The van der Waals surface area contributed by atoms with Crippen molar-refractivity contribution in [3.05, 3.63) is 11.7 Å². The topological polar surface area (TPSA) is 85.2 Å². The van der Waals surface area contributed by atoms with Crippen LogP contribution in [0.5, 0.6) is 0 Å². The minimum absolute atomic E-state index is 0.157. The second-order valence-corrected chi connectivity index (χ2v) is 6.69. The SMILES string of the molecule is CC(C)(C)C1CCC(c2nc(C(N)CO)no2)CC1. The van der Waals surface area contributed by atoms with Crippen LogP contribution >= 0.6 is 0 Å². The molecule has 0 amide bonds. The van der Waals surface area contributed by atoms with Crippen LogP contribution in [0.25, 0.3) is 0 Å². The molecule has 0 bridgehead atoms. The monoisotopic (exact) mass is 267 g/mol. The van der Waals surface area contributed by atoms with Gasteiger partial charge in [-0.3, -0.25) is 0 Å². The summed E-state index contributed by atoms with van der Waals surface area (Å²) >= 11 is 0. The van der Waals surface area contributed by atoms with E-state index >= 15 is 0 Å². The molecule has 1 aliphatic carbocycles. The molecule has 5 nitrogen and oxygen atoms in total. The maximum absolute atomic E-state index is 8.99. The average Bonchev–Trinajstić information content (AvgIpc) is 2.86. The molecule has 1 unspecified atom stereocenters. The zero-order valence-corrected chi connectivity index (χ0v) is 12.1. The Kier molecular flexibility index (Phi) is 4.26. The summed E-state index contributed by atoms with van der Waals surface area (Å²) in [7, 11) is 0. The largest absolute Gasteiger partial charge is 0.394 e. The standard InChI is InChI=1S/C14H25N3O2/c1-14(2,3)10-6-4-9(5-7-10)13-16-12(17-19-13)11(15)8-18/h9-11,18H,4-8,15H2,1-3H3. The Balaban J connectivity index is 1.96. The third-order valence-corrected chi connectivity index (χ3v) is 4.29. The number of hydrogen-bond acceptors (Lipinski definition) is 5. The molecule has 0 spiro atoms. The Bertz CT molecular complexity index is 403. The Morgan fingerprint density at radius 2 is 1.95 bits per heavy atom. The summed E-state index contributed by atoms with van der Waals surface area (Å²) < 4.78 is 5.30. The normalized spacial score (nSPS) is 26.4. The third kappa shape index (κ3) is 3.34. The Hall–Kier alpha value is -0.940. The summed E-state index contributed by atoms with van der Waals surface area (Å²) in [5.74, 6) is 2.22. The molecule has 1 atom stereocenters. The first kappa shape index (κ1) is 14.5. The first-order valence-corrected chi connectivity index (χ1v) is 7.11.